The number of carbonyl (C=O) groups excluding carboxylic acids is 1. The summed E-state index contributed by atoms with van der Waals surface area (Å²) in [6, 6.07) is 7.85. The zero-order chi connectivity index (χ0) is 16.9. The van der Waals surface area contributed by atoms with Crippen LogP contribution in [0, 0.1) is 0 Å². The monoisotopic (exact) mass is 345 g/mol. The minimum absolute atomic E-state index is 0.0429. The minimum atomic E-state index is -0.0429. The van der Waals surface area contributed by atoms with E-state index in [9.17, 15) is 4.79 Å². The van der Waals surface area contributed by atoms with Crippen LogP contribution in [0.3, 0.4) is 0 Å². The van der Waals surface area contributed by atoms with Crippen LogP contribution >= 0.6 is 11.5 Å². The Morgan fingerprint density at radius 3 is 2.50 bits per heavy atom. The second-order valence-electron chi connectivity index (χ2n) is 5.89. The van der Waals surface area contributed by atoms with Crippen LogP contribution in [0.25, 0.3) is 0 Å². The van der Waals surface area contributed by atoms with Crippen LogP contribution in [0.2, 0.25) is 0 Å². The van der Waals surface area contributed by atoms with Gasteiger partial charge in [0, 0.05) is 63.3 Å². The highest BCUT2D eigenvalue weighted by molar-refractivity contribution is 7.09. The number of rotatable bonds is 5. The van der Waals surface area contributed by atoms with Gasteiger partial charge >= 0.3 is 0 Å². The van der Waals surface area contributed by atoms with Crippen molar-refractivity contribution in [2.45, 2.75) is 19.9 Å². The third-order valence-corrected chi connectivity index (χ3v) is 5.08. The zero-order valence-corrected chi connectivity index (χ0v) is 15.0. The highest BCUT2D eigenvalue weighted by Gasteiger charge is 2.20. The molecule has 0 aliphatic carbocycles. The molecule has 128 valence electrons. The van der Waals surface area contributed by atoms with Gasteiger partial charge in [-0.3, -0.25) is 9.69 Å². The van der Waals surface area contributed by atoms with Crippen molar-refractivity contribution >= 4 is 22.6 Å². The number of hydrogen-bond acceptors (Lipinski definition) is 6. The summed E-state index contributed by atoms with van der Waals surface area (Å²) >= 11 is 1.50. The average Bonchev–Trinajstić information content (AvgIpc) is 3.11. The first-order chi connectivity index (χ1) is 11.7. The Morgan fingerprint density at radius 1 is 1.21 bits per heavy atom. The Bertz CT molecular complexity index is 677. The van der Waals surface area contributed by atoms with E-state index in [1.165, 1.54) is 17.1 Å². The van der Waals surface area contributed by atoms with Gasteiger partial charge in [0.05, 0.1) is 0 Å². The van der Waals surface area contributed by atoms with Crippen LogP contribution in [-0.2, 0) is 13.0 Å². The molecule has 1 aromatic carbocycles. The van der Waals surface area contributed by atoms with E-state index < -0.39 is 0 Å². The van der Waals surface area contributed by atoms with Gasteiger partial charge in [-0.25, -0.2) is 4.98 Å². The topological polar surface area (TPSA) is 61.4 Å². The molecule has 0 bridgehead atoms. The fourth-order valence-electron chi connectivity index (χ4n) is 2.78. The number of hydrogen-bond donors (Lipinski definition) is 1. The summed E-state index contributed by atoms with van der Waals surface area (Å²) in [6.45, 7) is 6.98. The van der Waals surface area contributed by atoms with Gasteiger partial charge in [-0.1, -0.05) is 19.1 Å². The largest absolute Gasteiger partial charge is 0.355 e. The van der Waals surface area contributed by atoms with Crippen LogP contribution in [0.4, 0.5) is 5.13 Å². The lowest BCUT2D eigenvalue weighted by Crippen LogP contribution is -2.45. The van der Waals surface area contributed by atoms with Crippen LogP contribution in [0.1, 0.15) is 28.7 Å². The molecule has 1 saturated heterocycles. The number of piperazine rings is 1. The van der Waals surface area contributed by atoms with Crippen molar-refractivity contribution in [1.29, 1.82) is 0 Å². The lowest BCUT2D eigenvalue weighted by molar-refractivity contribution is 0.0963. The fraction of sp³-hybridized carbons (Fsp3) is 0.471. The van der Waals surface area contributed by atoms with E-state index in [0.29, 0.717) is 5.56 Å². The van der Waals surface area contributed by atoms with Crippen molar-refractivity contribution in [2.24, 2.45) is 0 Å². The molecule has 2 heterocycles. The molecule has 0 spiro atoms. The van der Waals surface area contributed by atoms with Gasteiger partial charge in [0.25, 0.3) is 5.91 Å². The van der Waals surface area contributed by atoms with E-state index >= 15 is 0 Å². The maximum atomic E-state index is 11.6. The quantitative estimate of drug-likeness (QED) is 0.895. The molecule has 1 fully saturated rings. The Hall–Kier alpha value is -1.99. The zero-order valence-electron chi connectivity index (χ0n) is 14.2. The van der Waals surface area contributed by atoms with E-state index in [0.717, 1.165) is 50.1 Å². The van der Waals surface area contributed by atoms with Gasteiger partial charge in [-0.15, -0.1) is 0 Å². The molecule has 1 N–H and O–H groups in total. The Kier molecular flexibility index (Phi) is 5.42. The summed E-state index contributed by atoms with van der Waals surface area (Å²) in [7, 11) is 1.65. The van der Waals surface area contributed by atoms with Gasteiger partial charge in [-0.05, 0) is 17.7 Å². The summed E-state index contributed by atoms with van der Waals surface area (Å²) in [5, 5.41) is 3.69. The molecule has 0 atom stereocenters. The predicted molar refractivity (Wildman–Crippen MR) is 96.6 cm³/mol. The van der Waals surface area contributed by atoms with Crippen molar-refractivity contribution in [3.05, 3.63) is 41.2 Å². The first-order valence-electron chi connectivity index (χ1n) is 8.30. The molecule has 0 unspecified atom stereocenters. The van der Waals surface area contributed by atoms with Crippen LogP contribution in [0.5, 0.6) is 0 Å². The standard InChI is InChI=1S/C17H23N5OS/c1-3-15-19-17(24-20-15)22-10-8-21(9-11-22)12-13-4-6-14(7-5-13)16(23)18-2/h4-7H,3,8-12H2,1-2H3,(H,18,23). The van der Waals surface area contributed by atoms with Crippen molar-refractivity contribution in [1.82, 2.24) is 19.6 Å². The van der Waals surface area contributed by atoms with Crippen molar-refractivity contribution in [2.75, 3.05) is 38.1 Å². The second-order valence-corrected chi connectivity index (χ2v) is 6.62. The highest BCUT2D eigenvalue weighted by Crippen LogP contribution is 2.20. The summed E-state index contributed by atoms with van der Waals surface area (Å²) in [6.07, 6.45) is 0.891. The summed E-state index contributed by atoms with van der Waals surface area (Å²) in [5.41, 5.74) is 1.94. The molecular weight excluding hydrogens is 322 g/mol. The lowest BCUT2D eigenvalue weighted by atomic mass is 10.1. The summed E-state index contributed by atoms with van der Waals surface area (Å²) in [5.74, 6) is 0.896. The number of aryl methyl sites for hydroxylation is 1. The Morgan fingerprint density at radius 2 is 1.92 bits per heavy atom. The first kappa shape index (κ1) is 16.9. The Balaban J connectivity index is 1.52. The molecule has 0 saturated carbocycles. The van der Waals surface area contributed by atoms with Gasteiger partial charge in [-0.2, -0.15) is 4.37 Å². The third kappa shape index (κ3) is 3.91. The number of aromatic nitrogens is 2. The maximum absolute atomic E-state index is 11.6. The molecule has 1 aromatic heterocycles. The van der Waals surface area contributed by atoms with Crippen molar-refractivity contribution in [3.63, 3.8) is 0 Å². The lowest BCUT2D eigenvalue weighted by Gasteiger charge is -2.34. The van der Waals surface area contributed by atoms with Gasteiger partial charge in [0.15, 0.2) is 0 Å². The van der Waals surface area contributed by atoms with Crippen LogP contribution in [-0.4, -0.2) is 53.4 Å². The van der Waals surface area contributed by atoms with E-state index in [1.807, 2.05) is 24.3 Å². The minimum Gasteiger partial charge on any atom is -0.355 e. The molecule has 3 rings (SSSR count). The molecular formula is C17H23N5OS. The molecule has 2 aromatic rings. The number of nitrogens with zero attached hydrogens (tertiary/aromatic N) is 4. The number of carbonyl (C=O) groups is 1. The number of nitrogens with one attached hydrogen (secondary N) is 1. The molecule has 6 nitrogen and oxygen atoms in total. The SMILES string of the molecule is CCc1nsc(N2CCN(Cc3ccc(C(=O)NC)cc3)CC2)n1. The summed E-state index contributed by atoms with van der Waals surface area (Å²) in [4.78, 5) is 20.9. The van der Waals surface area contributed by atoms with Crippen LogP contribution < -0.4 is 10.2 Å². The van der Waals surface area contributed by atoms with Gasteiger partial charge < -0.3 is 10.2 Å². The summed E-state index contributed by atoms with van der Waals surface area (Å²) < 4.78 is 4.37. The van der Waals surface area contributed by atoms with E-state index in [1.54, 1.807) is 7.05 Å². The van der Waals surface area contributed by atoms with Crippen molar-refractivity contribution in [3.8, 4) is 0 Å². The van der Waals surface area contributed by atoms with Gasteiger partial charge in [0.2, 0.25) is 5.13 Å². The number of benzene rings is 1. The normalized spacial score (nSPS) is 15.5. The molecule has 0 radical (unpaired) electrons. The fourth-order valence-corrected chi connectivity index (χ4v) is 3.58. The second kappa shape index (κ2) is 7.72. The Labute approximate surface area is 146 Å². The molecule has 1 aliphatic heterocycles. The first-order valence-corrected chi connectivity index (χ1v) is 9.08. The smallest absolute Gasteiger partial charge is 0.251 e. The van der Waals surface area contributed by atoms with E-state index in [-0.39, 0.29) is 5.91 Å². The maximum Gasteiger partial charge on any atom is 0.251 e. The highest BCUT2D eigenvalue weighted by atomic mass is 32.1. The third-order valence-electron chi connectivity index (χ3n) is 4.27. The number of anilines is 1. The van der Waals surface area contributed by atoms with Crippen molar-refractivity contribution < 1.29 is 4.79 Å². The number of amides is 1. The van der Waals surface area contributed by atoms with Gasteiger partial charge in [0.1, 0.15) is 5.82 Å². The average molecular weight is 345 g/mol. The molecule has 1 aliphatic rings. The molecule has 7 heteroatoms. The predicted octanol–water partition coefficient (Wildman–Crippen LogP) is 1.78. The van der Waals surface area contributed by atoms with E-state index in [2.05, 4.69) is 31.4 Å². The molecule has 24 heavy (non-hydrogen) atoms. The van der Waals surface area contributed by atoms with E-state index in [4.69, 9.17) is 0 Å². The molecule has 1 amide bonds. The van der Waals surface area contributed by atoms with Crippen LogP contribution in [0.15, 0.2) is 24.3 Å².